The topological polar surface area (TPSA) is 93.1 Å². The standard InChI is InChI=1S/C21H20F4N6O2S/c1-3-13(22)14-10-33-20(32)31(14)17-5-7-27-19(30-17)29-11(2)15-9-28-18(34-15)12-4-6-26-16(8-12)21(23,24)25/h4-9,11,13-14H,3,10H2,1-2H3,(H,27,29,30)/t11-,13-,14+/m0/s1. The summed E-state index contributed by atoms with van der Waals surface area (Å²) < 4.78 is 58.2. The number of cyclic esters (lactones) is 1. The van der Waals surface area contributed by atoms with E-state index in [0.29, 0.717) is 10.6 Å². The molecule has 0 bridgehead atoms. The Bertz CT molecular complexity index is 1170. The van der Waals surface area contributed by atoms with Crippen LogP contribution in [-0.4, -0.2) is 44.8 Å². The molecule has 3 aromatic heterocycles. The van der Waals surface area contributed by atoms with E-state index in [0.717, 1.165) is 17.1 Å². The van der Waals surface area contributed by atoms with Gasteiger partial charge in [-0.15, -0.1) is 11.3 Å². The molecular formula is C21H20F4N6O2S. The number of halogens is 4. The van der Waals surface area contributed by atoms with Crippen molar-refractivity contribution in [2.45, 2.75) is 44.7 Å². The number of hydrogen-bond donors (Lipinski definition) is 1. The summed E-state index contributed by atoms with van der Waals surface area (Å²) in [6.07, 6.45) is -2.18. The number of hydrogen-bond acceptors (Lipinski definition) is 8. The highest BCUT2D eigenvalue weighted by Gasteiger charge is 2.40. The van der Waals surface area contributed by atoms with E-state index in [1.165, 1.54) is 34.6 Å². The highest BCUT2D eigenvalue weighted by Crippen LogP contribution is 2.34. The Kier molecular flexibility index (Phi) is 6.64. The number of rotatable bonds is 7. The lowest BCUT2D eigenvalue weighted by atomic mass is 10.1. The fourth-order valence-electron chi connectivity index (χ4n) is 3.39. The maximum atomic E-state index is 14.3. The zero-order valence-electron chi connectivity index (χ0n) is 18.1. The van der Waals surface area contributed by atoms with Crippen molar-refractivity contribution < 1.29 is 27.1 Å². The normalized spacial score (nSPS) is 18.0. The number of carbonyl (C=O) groups is 1. The van der Waals surface area contributed by atoms with Gasteiger partial charge in [-0.05, 0) is 31.5 Å². The lowest BCUT2D eigenvalue weighted by Gasteiger charge is -2.23. The van der Waals surface area contributed by atoms with Crippen LogP contribution in [0.1, 0.15) is 36.9 Å². The number of thiazole rings is 1. The molecule has 1 saturated heterocycles. The van der Waals surface area contributed by atoms with E-state index < -0.39 is 30.2 Å². The molecule has 1 aliphatic heterocycles. The van der Waals surface area contributed by atoms with Gasteiger partial charge in [0.05, 0.1) is 6.04 Å². The van der Waals surface area contributed by atoms with Gasteiger partial charge in [0.1, 0.15) is 35.3 Å². The summed E-state index contributed by atoms with van der Waals surface area (Å²) in [6.45, 7) is 3.42. The average molecular weight is 496 g/mol. The first kappa shape index (κ1) is 23.8. The van der Waals surface area contributed by atoms with Crippen LogP contribution in [0.15, 0.2) is 36.8 Å². The van der Waals surface area contributed by atoms with Crippen LogP contribution in [0.4, 0.5) is 34.1 Å². The number of pyridine rings is 1. The number of anilines is 2. The molecule has 1 fully saturated rings. The zero-order chi connectivity index (χ0) is 24.5. The quantitative estimate of drug-likeness (QED) is 0.446. The third-order valence-corrected chi connectivity index (χ3v) is 6.42. The summed E-state index contributed by atoms with van der Waals surface area (Å²) in [7, 11) is 0. The first-order valence-corrected chi connectivity index (χ1v) is 11.2. The fraction of sp³-hybridized carbons (Fsp3) is 0.381. The van der Waals surface area contributed by atoms with Gasteiger partial charge < -0.3 is 10.1 Å². The number of nitrogens with zero attached hydrogens (tertiary/aromatic N) is 5. The average Bonchev–Trinajstić information content (AvgIpc) is 3.45. The van der Waals surface area contributed by atoms with Crippen LogP contribution >= 0.6 is 11.3 Å². The Labute approximate surface area is 196 Å². The third kappa shape index (κ3) is 4.93. The number of ether oxygens (including phenoxy) is 1. The van der Waals surface area contributed by atoms with Crippen LogP contribution in [0.25, 0.3) is 10.6 Å². The van der Waals surface area contributed by atoms with Gasteiger partial charge in [0.2, 0.25) is 5.95 Å². The molecule has 0 spiro atoms. The Morgan fingerprint density at radius 2 is 2.03 bits per heavy atom. The van der Waals surface area contributed by atoms with Gasteiger partial charge in [-0.3, -0.25) is 9.88 Å². The van der Waals surface area contributed by atoms with E-state index in [-0.39, 0.29) is 30.8 Å². The van der Waals surface area contributed by atoms with Crippen molar-refractivity contribution in [1.82, 2.24) is 19.9 Å². The molecule has 0 unspecified atom stereocenters. The van der Waals surface area contributed by atoms with Crippen LogP contribution < -0.4 is 10.2 Å². The minimum absolute atomic E-state index is 0.0638. The molecule has 34 heavy (non-hydrogen) atoms. The summed E-state index contributed by atoms with van der Waals surface area (Å²) in [5, 5.41) is 3.48. The van der Waals surface area contributed by atoms with E-state index >= 15 is 0 Å². The van der Waals surface area contributed by atoms with Crippen LogP contribution in [0.3, 0.4) is 0 Å². The molecule has 4 rings (SSSR count). The monoisotopic (exact) mass is 496 g/mol. The van der Waals surface area contributed by atoms with Gasteiger partial charge in [0.25, 0.3) is 0 Å². The van der Waals surface area contributed by atoms with Crippen LogP contribution in [0.5, 0.6) is 0 Å². The van der Waals surface area contributed by atoms with Gasteiger partial charge in [0.15, 0.2) is 0 Å². The Balaban J connectivity index is 1.51. The Hall–Kier alpha value is -3.35. The summed E-state index contributed by atoms with van der Waals surface area (Å²) in [5.74, 6) is 0.392. The largest absolute Gasteiger partial charge is 0.447 e. The minimum atomic E-state index is -4.55. The molecule has 3 aromatic rings. The molecule has 180 valence electrons. The third-order valence-electron chi connectivity index (χ3n) is 5.19. The van der Waals surface area contributed by atoms with E-state index in [4.69, 9.17) is 4.74 Å². The first-order chi connectivity index (χ1) is 16.2. The molecule has 4 heterocycles. The van der Waals surface area contributed by atoms with Crippen molar-refractivity contribution in [3.63, 3.8) is 0 Å². The highest BCUT2D eigenvalue weighted by atomic mass is 32.1. The fourth-order valence-corrected chi connectivity index (χ4v) is 4.31. The van der Waals surface area contributed by atoms with Crippen molar-refractivity contribution in [2.24, 2.45) is 0 Å². The molecule has 0 aliphatic carbocycles. The lowest BCUT2D eigenvalue weighted by Crippen LogP contribution is -2.40. The lowest BCUT2D eigenvalue weighted by molar-refractivity contribution is -0.141. The predicted octanol–water partition coefficient (Wildman–Crippen LogP) is 5.26. The van der Waals surface area contributed by atoms with Gasteiger partial charge in [-0.25, -0.2) is 19.2 Å². The number of carbonyl (C=O) groups excluding carboxylic acids is 1. The second-order valence-corrected chi connectivity index (χ2v) is 8.60. The molecule has 0 saturated carbocycles. The summed E-state index contributed by atoms with van der Waals surface area (Å²) in [6, 6.07) is 2.78. The van der Waals surface area contributed by atoms with Gasteiger partial charge in [-0.2, -0.15) is 18.2 Å². The summed E-state index contributed by atoms with van der Waals surface area (Å²) in [4.78, 5) is 30.1. The van der Waals surface area contributed by atoms with Crippen molar-refractivity contribution >= 4 is 29.2 Å². The number of amides is 1. The molecule has 8 nitrogen and oxygen atoms in total. The van der Waals surface area contributed by atoms with Gasteiger partial charge >= 0.3 is 12.3 Å². The number of nitrogens with one attached hydrogen (secondary N) is 1. The van der Waals surface area contributed by atoms with Crippen molar-refractivity contribution in [3.8, 4) is 10.6 Å². The highest BCUT2D eigenvalue weighted by molar-refractivity contribution is 7.15. The van der Waals surface area contributed by atoms with Crippen molar-refractivity contribution in [3.05, 3.63) is 47.4 Å². The van der Waals surface area contributed by atoms with Crippen LogP contribution in [-0.2, 0) is 10.9 Å². The Morgan fingerprint density at radius 1 is 1.26 bits per heavy atom. The molecule has 3 atom stereocenters. The van der Waals surface area contributed by atoms with Crippen LogP contribution in [0, 0.1) is 0 Å². The molecule has 1 N–H and O–H groups in total. The molecule has 0 aromatic carbocycles. The number of aromatic nitrogens is 4. The molecular weight excluding hydrogens is 476 g/mol. The van der Waals surface area contributed by atoms with E-state index in [2.05, 4.69) is 25.3 Å². The summed E-state index contributed by atoms with van der Waals surface area (Å²) >= 11 is 1.21. The maximum absolute atomic E-state index is 14.3. The smallest absolute Gasteiger partial charge is 0.433 e. The second kappa shape index (κ2) is 9.49. The van der Waals surface area contributed by atoms with E-state index in [1.54, 1.807) is 13.1 Å². The minimum Gasteiger partial charge on any atom is -0.447 e. The molecule has 1 aliphatic rings. The first-order valence-electron chi connectivity index (χ1n) is 10.4. The van der Waals surface area contributed by atoms with Crippen molar-refractivity contribution in [2.75, 3.05) is 16.8 Å². The SMILES string of the molecule is CC[C@H](F)[C@H]1COC(=O)N1c1ccnc(N[C@@H](C)c2cnc(-c3ccnc(C(F)(F)F)c3)s2)n1. The summed E-state index contributed by atoms with van der Waals surface area (Å²) in [5.41, 5.74) is -0.685. The van der Waals surface area contributed by atoms with Gasteiger partial charge in [-0.1, -0.05) is 6.92 Å². The molecule has 13 heteroatoms. The van der Waals surface area contributed by atoms with Crippen molar-refractivity contribution in [1.29, 1.82) is 0 Å². The molecule has 0 radical (unpaired) electrons. The Morgan fingerprint density at radius 3 is 2.76 bits per heavy atom. The van der Waals surface area contributed by atoms with Gasteiger partial charge in [0, 0.05) is 29.0 Å². The predicted molar refractivity (Wildman–Crippen MR) is 117 cm³/mol. The zero-order valence-corrected chi connectivity index (χ0v) is 18.9. The maximum Gasteiger partial charge on any atom is 0.433 e. The number of alkyl halides is 4. The van der Waals surface area contributed by atoms with Crippen LogP contribution in [0.2, 0.25) is 0 Å². The van der Waals surface area contributed by atoms with E-state index in [9.17, 15) is 22.4 Å². The second-order valence-electron chi connectivity index (χ2n) is 7.54. The molecule has 1 amide bonds. The van der Waals surface area contributed by atoms with E-state index in [1.807, 2.05) is 6.92 Å².